The lowest BCUT2D eigenvalue weighted by molar-refractivity contribution is 0.156. The molecule has 1 rings (SSSR count). The summed E-state index contributed by atoms with van der Waals surface area (Å²) >= 11 is 0. The minimum absolute atomic E-state index is 0.437. The molecule has 0 spiro atoms. The van der Waals surface area contributed by atoms with E-state index < -0.39 is 0 Å². The SMILES string of the molecule is CCNC(CC(C)C(C)(C)C)C1CCCC(CC)C1. The maximum atomic E-state index is 3.80. The molecule has 114 valence electrons. The van der Waals surface area contributed by atoms with Crippen LogP contribution < -0.4 is 5.32 Å². The van der Waals surface area contributed by atoms with Crippen molar-refractivity contribution in [3.63, 3.8) is 0 Å². The Bertz CT molecular complexity index is 241. The summed E-state index contributed by atoms with van der Waals surface area (Å²) in [6.07, 6.45) is 8.56. The molecule has 0 bridgehead atoms. The molecule has 1 N–H and O–H groups in total. The third-order valence-electron chi connectivity index (χ3n) is 5.52. The molecule has 0 saturated heterocycles. The average Bonchev–Trinajstić information content (AvgIpc) is 2.37. The Hall–Kier alpha value is -0.0400. The molecule has 1 aliphatic carbocycles. The zero-order valence-electron chi connectivity index (χ0n) is 14.3. The van der Waals surface area contributed by atoms with Gasteiger partial charge in [0, 0.05) is 6.04 Å². The summed E-state index contributed by atoms with van der Waals surface area (Å²) < 4.78 is 0. The highest BCUT2D eigenvalue weighted by atomic mass is 14.9. The Morgan fingerprint density at radius 1 is 1.16 bits per heavy atom. The van der Waals surface area contributed by atoms with Gasteiger partial charge in [-0.25, -0.2) is 0 Å². The highest BCUT2D eigenvalue weighted by molar-refractivity contribution is 4.85. The Morgan fingerprint density at radius 3 is 2.37 bits per heavy atom. The molecule has 0 aromatic rings. The maximum absolute atomic E-state index is 3.80. The molecule has 4 unspecified atom stereocenters. The summed E-state index contributed by atoms with van der Waals surface area (Å²) in [5, 5.41) is 3.80. The fourth-order valence-electron chi connectivity index (χ4n) is 3.51. The smallest absolute Gasteiger partial charge is 0.00980 e. The summed E-state index contributed by atoms with van der Waals surface area (Å²) in [5.74, 6) is 2.70. The lowest BCUT2D eigenvalue weighted by Gasteiger charge is -2.38. The first-order chi connectivity index (χ1) is 8.88. The van der Waals surface area contributed by atoms with Crippen molar-refractivity contribution in [1.82, 2.24) is 5.32 Å². The second-order valence-electron chi connectivity index (χ2n) is 7.87. The summed E-state index contributed by atoms with van der Waals surface area (Å²) in [6, 6.07) is 0.744. The number of hydrogen-bond acceptors (Lipinski definition) is 1. The lowest BCUT2D eigenvalue weighted by atomic mass is 9.71. The van der Waals surface area contributed by atoms with Crippen LogP contribution in [-0.4, -0.2) is 12.6 Å². The van der Waals surface area contributed by atoms with E-state index in [1.54, 1.807) is 0 Å². The van der Waals surface area contributed by atoms with E-state index in [1.807, 2.05) is 0 Å². The molecule has 0 aliphatic heterocycles. The molecule has 1 nitrogen and oxygen atoms in total. The minimum Gasteiger partial charge on any atom is -0.314 e. The zero-order chi connectivity index (χ0) is 14.5. The fraction of sp³-hybridized carbons (Fsp3) is 1.00. The molecule has 0 amide bonds. The van der Waals surface area contributed by atoms with E-state index in [0.29, 0.717) is 5.41 Å². The van der Waals surface area contributed by atoms with Crippen LogP contribution in [0.4, 0.5) is 0 Å². The summed E-state index contributed by atoms with van der Waals surface area (Å²) in [4.78, 5) is 0. The number of rotatable bonds is 6. The van der Waals surface area contributed by atoms with Crippen LogP contribution in [0.5, 0.6) is 0 Å². The van der Waals surface area contributed by atoms with Gasteiger partial charge >= 0.3 is 0 Å². The van der Waals surface area contributed by atoms with Gasteiger partial charge in [-0.2, -0.15) is 0 Å². The first-order valence-corrected chi connectivity index (χ1v) is 8.61. The molecular formula is C18H37N. The van der Waals surface area contributed by atoms with Gasteiger partial charge in [-0.05, 0) is 49.0 Å². The van der Waals surface area contributed by atoms with Crippen molar-refractivity contribution in [2.24, 2.45) is 23.2 Å². The zero-order valence-corrected chi connectivity index (χ0v) is 14.3. The van der Waals surface area contributed by atoms with Gasteiger partial charge in [0.2, 0.25) is 0 Å². The van der Waals surface area contributed by atoms with Crippen molar-refractivity contribution in [3.05, 3.63) is 0 Å². The highest BCUT2D eigenvalue weighted by Gasteiger charge is 2.30. The first-order valence-electron chi connectivity index (χ1n) is 8.61. The van der Waals surface area contributed by atoms with Crippen LogP contribution >= 0.6 is 0 Å². The lowest BCUT2D eigenvalue weighted by Crippen LogP contribution is -2.41. The van der Waals surface area contributed by atoms with Crippen LogP contribution in [0.2, 0.25) is 0 Å². The molecule has 19 heavy (non-hydrogen) atoms. The molecule has 4 atom stereocenters. The second kappa shape index (κ2) is 7.67. The largest absolute Gasteiger partial charge is 0.314 e. The Kier molecular flexibility index (Phi) is 6.86. The number of nitrogens with one attached hydrogen (secondary N) is 1. The van der Waals surface area contributed by atoms with Crippen LogP contribution in [-0.2, 0) is 0 Å². The molecule has 0 aromatic heterocycles. The van der Waals surface area contributed by atoms with Crippen LogP contribution in [0.15, 0.2) is 0 Å². The van der Waals surface area contributed by atoms with Gasteiger partial charge in [-0.3, -0.25) is 0 Å². The molecule has 1 aliphatic rings. The quantitative estimate of drug-likeness (QED) is 0.693. The monoisotopic (exact) mass is 267 g/mol. The normalized spacial score (nSPS) is 28.1. The summed E-state index contributed by atoms with van der Waals surface area (Å²) in [7, 11) is 0. The van der Waals surface area contributed by atoms with Gasteiger partial charge in [0.1, 0.15) is 0 Å². The average molecular weight is 268 g/mol. The second-order valence-corrected chi connectivity index (χ2v) is 7.87. The third kappa shape index (κ3) is 5.45. The molecule has 1 saturated carbocycles. The van der Waals surface area contributed by atoms with Crippen molar-refractivity contribution < 1.29 is 0 Å². The van der Waals surface area contributed by atoms with E-state index in [9.17, 15) is 0 Å². The van der Waals surface area contributed by atoms with Gasteiger partial charge in [0.05, 0.1) is 0 Å². The summed E-state index contributed by atoms with van der Waals surface area (Å²) in [6.45, 7) is 15.3. The van der Waals surface area contributed by atoms with Crippen LogP contribution in [0.25, 0.3) is 0 Å². The van der Waals surface area contributed by atoms with Gasteiger partial charge in [0.15, 0.2) is 0 Å². The van der Waals surface area contributed by atoms with E-state index in [4.69, 9.17) is 0 Å². The maximum Gasteiger partial charge on any atom is 0.00980 e. The van der Waals surface area contributed by atoms with Gasteiger partial charge in [-0.1, -0.05) is 60.8 Å². The predicted molar refractivity (Wildman–Crippen MR) is 86.4 cm³/mol. The minimum atomic E-state index is 0.437. The van der Waals surface area contributed by atoms with Crippen LogP contribution in [0, 0.1) is 23.2 Å². The standard InChI is InChI=1S/C18H37N/c1-7-15-10-9-11-16(13-15)17(19-8-2)12-14(3)18(4,5)6/h14-17,19H,7-13H2,1-6H3. The molecule has 0 heterocycles. The van der Waals surface area contributed by atoms with Crippen molar-refractivity contribution in [2.75, 3.05) is 6.54 Å². The molecule has 1 fully saturated rings. The molecular weight excluding hydrogens is 230 g/mol. The van der Waals surface area contributed by atoms with Gasteiger partial charge in [0.25, 0.3) is 0 Å². The molecule has 0 radical (unpaired) electrons. The van der Waals surface area contributed by atoms with Gasteiger partial charge < -0.3 is 5.32 Å². The number of hydrogen-bond donors (Lipinski definition) is 1. The summed E-state index contributed by atoms with van der Waals surface area (Å²) in [5.41, 5.74) is 0.437. The van der Waals surface area contributed by atoms with Crippen LogP contribution in [0.1, 0.15) is 80.1 Å². The van der Waals surface area contributed by atoms with Crippen molar-refractivity contribution in [3.8, 4) is 0 Å². The Balaban J connectivity index is 2.60. The van der Waals surface area contributed by atoms with E-state index in [-0.39, 0.29) is 0 Å². The third-order valence-corrected chi connectivity index (χ3v) is 5.52. The molecule has 1 heteroatoms. The Labute approximate surface area is 121 Å². The topological polar surface area (TPSA) is 12.0 Å². The highest BCUT2D eigenvalue weighted by Crippen LogP contribution is 2.37. The molecule has 0 aromatic carbocycles. The van der Waals surface area contributed by atoms with E-state index in [0.717, 1.165) is 30.3 Å². The van der Waals surface area contributed by atoms with Crippen molar-refractivity contribution in [1.29, 1.82) is 0 Å². The fourth-order valence-corrected chi connectivity index (χ4v) is 3.51. The van der Waals surface area contributed by atoms with E-state index in [2.05, 4.69) is 46.9 Å². The first kappa shape index (κ1) is 17.0. The van der Waals surface area contributed by atoms with Crippen LogP contribution in [0.3, 0.4) is 0 Å². The van der Waals surface area contributed by atoms with Crippen molar-refractivity contribution in [2.45, 2.75) is 86.1 Å². The van der Waals surface area contributed by atoms with Gasteiger partial charge in [-0.15, -0.1) is 0 Å². The Morgan fingerprint density at radius 2 is 1.84 bits per heavy atom. The predicted octanol–water partition coefficient (Wildman–Crippen LogP) is 5.25. The van der Waals surface area contributed by atoms with E-state index in [1.165, 1.54) is 38.5 Å². The van der Waals surface area contributed by atoms with E-state index >= 15 is 0 Å². The van der Waals surface area contributed by atoms with Crippen molar-refractivity contribution >= 4 is 0 Å².